The van der Waals surface area contributed by atoms with Gasteiger partial charge in [0.25, 0.3) is 5.91 Å². The van der Waals surface area contributed by atoms with Gasteiger partial charge in [-0.05, 0) is 50.5 Å². The first-order valence-electron chi connectivity index (χ1n) is 8.64. The monoisotopic (exact) mass is 362 g/mol. The van der Waals surface area contributed by atoms with Crippen molar-refractivity contribution in [2.75, 3.05) is 6.54 Å². The highest BCUT2D eigenvalue weighted by molar-refractivity contribution is 5.94. The molecule has 1 aliphatic rings. The lowest BCUT2D eigenvalue weighted by molar-refractivity contribution is 0.0903. The van der Waals surface area contributed by atoms with Crippen LogP contribution in [0.15, 0.2) is 30.3 Å². The molecule has 1 aliphatic carbocycles. The number of carbonyl (C=O) groups is 1. The Morgan fingerprint density at radius 1 is 1.24 bits per heavy atom. The Hall–Kier alpha value is -1.85. The molecule has 0 unspecified atom stereocenters. The summed E-state index contributed by atoms with van der Waals surface area (Å²) in [4.78, 5) is 12.5. The SMILES string of the molecule is Cc1cc(C)n(Cc2ccc(C(=O)NC3(CN)CCCC3)cc2)n1.Cl. The number of aryl methyl sites for hydroxylation is 2. The zero-order valence-corrected chi connectivity index (χ0v) is 15.7. The van der Waals surface area contributed by atoms with Gasteiger partial charge in [-0.2, -0.15) is 5.10 Å². The summed E-state index contributed by atoms with van der Waals surface area (Å²) in [6.07, 6.45) is 4.23. The highest BCUT2D eigenvalue weighted by Gasteiger charge is 2.33. The van der Waals surface area contributed by atoms with Gasteiger partial charge in [0.1, 0.15) is 0 Å². The van der Waals surface area contributed by atoms with E-state index in [1.807, 2.05) is 35.9 Å². The molecule has 1 aromatic carbocycles. The van der Waals surface area contributed by atoms with Crippen molar-refractivity contribution >= 4 is 18.3 Å². The van der Waals surface area contributed by atoms with Gasteiger partial charge in [-0.3, -0.25) is 9.48 Å². The maximum atomic E-state index is 12.5. The van der Waals surface area contributed by atoms with Gasteiger partial charge < -0.3 is 11.1 Å². The van der Waals surface area contributed by atoms with Crippen LogP contribution in [-0.2, 0) is 6.54 Å². The normalized spacial score (nSPS) is 15.6. The van der Waals surface area contributed by atoms with Crippen LogP contribution >= 0.6 is 12.4 Å². The molecule has 0 radical (unpaired) electrons. The maximum absolute atomic E-state index is 12.5. The van der Waals surface area contributed by atoms with Crippen LogP contribution in [0.5, 0.6) is 0 Å². The largest absolute Gasteiger partial charge is 0.345 e. The summed E-state index contributed by atoms with van der Waals surface area (Å²) in [6, 6.07) is 9.82. The van der Waals surface area contributed by atoms with Gasteiger partial charge in [0.05, 0.1) is 17.8 Å². The fourth-order valence-corrected chi connectivity index (χ4v) is 3.51. The summed E-state index contributed by atoms with van der Waals surface area (Å²) in [5.41, 5.74) is 9.67. The lowest BCUT2D eigenvalue weighted by atomic mass is 9.97. The first-order chi connectivity index (χ1) is 11.5. The van der Waals surface area contributed by atoms with Crippen LogP contribution in [0.25, 0.3) is 0 Å². The van der Waals surface area contributed by atoms with E-state index < -0.39 is 0 Å². The standard InChI is InChI=1S/C19H26N4O.ClH/c1-14-11-15(2)23(22-14)12-16-5-7-17(8-6-16)18(24)21-19(13-20)9-3-4-10-19;/h5-8,11H,3-4,9-10,12-13,20H2,1-2H3,(H,21,24);1H. The maximum Gasteiger partial charge on any atom is 0.251 e. The summed E-state index contributed by atoms with van der Waals surface area (Å²) >= 11 is 0. The molecule has 5 nitrogen and oxygen atoms in total. The molecule has 2 aromatic rings. The lowest BCUT2D eigenvalue weighted by Gasteiger charge is -2.28. The molecule has 0 bridgehead atoms. The minimum absolute atomic E-state index is 0. The summed E-state index contributed by atoms with van der Waals surface area (Å²) in [7, 11) is 0. The van der Waals surface area contributed by atoms with E-state index in [0.717, 1.165) is 42.6 Å². The van der Waals surface area contributed by atoms with Gasteiger partial charge in [0.2, 0.25) is 0 Å². The van der Waals surface area contributed by atoms with Crippen molar-refractivity contribution < 1.29 is 4.79 Å². The van der Waals surface area contributed by atoms with Crippen molar-refractivity contribution in [2.45, 2.75) is 51.6 Å². The molecule has 6 heteroatoms. The second-order valence-corrected chi connectivity index (χ2v) is 6.93. The molecule has 0 spiro atoms. The van der Waals surface area contributed by atoms with Crippen molar-refractivity contribution in [2.24, 2.45) is 5.73 Å². The number of nitrogens with two attached hydrogens (primary N) is 1. The van der Waals surface area contributed by atoms with Crippen LogP contribution < -0.4 is 11.1 Å². The molecule has 3 rings (SSSR count). The van der Waals surface area contributed by atoms with Crippen LogP contribution in [0.3, 0.4) is 0 Å². The molecule has 0 aliphatic heterocycles. The first-order valence-corrected chi connectivity index (χ1v) is 8.64. The Bertz CT molecular complexity index is 718. The Kier molecular flexibility index (Phi) is 6.25. The molecular weight excluding hydrogens is 336 g/mol. The second kappa shape index (κ2) is 8.02. The van der Waals surface area contributed by atoms with E-state index in [1.165, 1.54) is 0 Å². The number of amides is 1. The second-order valence-electron chi connectivity index (χ2n) is 6.93. The first kappa shape index (κ1) is 19.5. The van der Waals surface area contributed by atoms with E-state index in [9.17, 15) is 4.79 Å². The molecule has 1 saturated carbocycles. The number of rotatable bonds is 5. The summed E-state index contributed by atoms with van der Waals surface area (Å²) < 4.78 is 1.98. The van der Waals surface area contributed by atoms with Crippen LogP contribution in [0.2, 0.25) is 0 Å². The molecular formula is C19H27ClN4O. The van der Waals surface area contributed by atoms with Gasteiger partial charge in [-0.25, -0.2) is 0 Å². The molecule has 136 valence electrons. The van der Waals surface area contributed by atoms with Gasteiger partial charge in [0, 0.05) is 17.8 Å². The number of nitrogens with one attached hydrogen (secondary N) is 1. The third kappa shape index (κ3) is 4.41. The summed E-state index contributed by atoms with van der Waals surface area (Å²) in [6.45, 7) is 5.27. The number of halogens is 1. The van der Waals surface area contributed by atoms with Crippen molar-refractivity contribution in [3.63, 3.8) is 0 Å². The number of hydrogen-bond acceptors (Lipinski definition) is 3. The van der Waals surface area contributed by atoms with E-state index in [4.69, 9.17) is 5.73 Å². The van der Waals surface area contributed by atoms with Crippen LogP contribution in [0, 0.1) is 13.8 Å². The van der Waals surface area contributed by atoms with E-state index >= 15 is 0 Å². The highest BCUT2D eigenvalue weighted by Crippen LogP contribution is 2.29. The summed E-state index contributed by atoms with van der Waals surface area (Å²) in [5.74, 6) is -0.0278. The van der Waals surface area contributed by atoms with Crippen LogP contribution in [-0.4, -0.2) is 27.8 Å². The van der Waals surface area contributed by atoms with Crippen molar-refractivity contribution in [3.05, 3.63) is 52.8 Å². The molecule has 1 amide bonds. The molecule has 3 N–H and O–H groups in total. The van der Waals surface area contributed by atoms with E-state index in [0.29, 0.717) is 18.7 Å². The summed E-state index contributed by atoms with van der Waals surface area (Å²) in [5, 5.41) is 7.63. The fourth-order valence-electron chi connectivity index (χ4n) is 3.51. The molecule has 1 aromatic heterocycles. The van der Waals surface area contributed by atoms with E-state index in [1.54, 1.807) is 0 Å². The third-order valence-corrected chi connectivity index (χ3v) is 4.98. The predicted octanol–water partition coefficient (Wildman–Crippen LogP) is 2.97. The minimum atomic E-state index is -0.209. The smallest absolute Gasteiger partial charge is 0.251 e. The number of hydrogen-bond donors (Lipinski definition) is 2. The Morgan fingerprint density at radius 2 is 1.88 bits per heavy atom. The number of nitrogens with zero attached hydrogens (tertiary/aromatic N) is 2. The highest BCUT2D eigenvalue weighted by atomic mass is 35.5. The zero-order chi connectivity index (χ0) is 17.2. The van der Waals surface area contributed by atoms with Gasteiger partial charge in [-0.1, -0.05) is 25.0 Å². The van der Waals surface area contributed by atoms with E-state index in [-0.39, 0.29) is 23.9 Å². The Balaban J connectivity index is 0.00000225. The van der Waals surface area contributed by atoms with Crippen LogP contribution in [0.4, 0.5) is 0 Å². The predicted molar refractivity (Wildman–Crippen MR) is 102 cm³/mol. The minimum Gasteiger partial charge on any atom is -0.345 e. The van der Waals surface area contributed by atoms with Crippen molar-refractivity contribution in [1.29, 1.82) is 0 Å². The fraction of sp³-hybridized carbons (Fsp3) is 0.474. The van der Waals surface area contributed by atoms with Gasteiger partial charge >= 0.3 is 0 Å². The van der Waals surface area contributed by atoms with Crippen molar-refractivity contribution in [3.8, 4) is 0 Å². The number of benzene rings is 1. The molecule has 1 fully saturated rings. The average Bonchev–Trinajstić information content (AvgIpc) is 3.15. The van der Waals surface area contributed by atoms with Crippen LogP contribution in [0.1, 0.15) is 53.0 Å². The van der Waals surface area contributed by atoms with Gasteiger partial charge in [0.15, 0.2) is 0 Å². The topological polar surface area (TPSA) is 72.9 Å². The molecule has 1 heterocycles. The molecule has 25 heavy (non-hydrogen) atoms. The van der Waals surface area contributed by atoms with Crippen molar-refractivity contribution in [1.82, 2.24) is 15.1 Å². The quantitative estimate of drug-likeness (QED) is 0.858. The Morgan fingerprint density at radius 3 is 2.40 bits per heavy atom. The average molecular weight is 363 g/mol. The van der Waals surface area contributed by atoms with Gasteiger partial charge in [-0.15, -0.1) is 12.4 Å². The third-order valence-electron chi connectivity index (χ3n) is 4.98. The Labute approximate surface area is 155 Å². The number of carbonyl (C=O) groups excluding carboxylic acids is 1. The zero-order valence-electron chi connectivity index (χ0n) is 14.9. The number of aromatic nitrogens is 2. The molecule has 0 saturated heterocycles. The van der Waals surface area contributed by atoms with E-state index in [2.05, 4.69) is 23.4 Å². The molecule has 0 atom stereocenters. The lowest BCUT2D eigenvalue weighted by Crippen LogP contribution is -2.51.